The molecule has 138 valence electrons. The summed E-state index contributed by atoms with van der Waals surface area (Å²) in [6.07, 6.45) is -4.42. The Morgan fingerprint density at radius 1 is 1.28 bits per heavy atom. The second-order valence-corrected chi connectivity index (χ2v) is 6.77. The molecule has 0 aliphatic heterocycles. The lowest BCUT2D eigenvalue weighted by molar-refractivity contribution is -0.140. The number of aliphatic hydroxyl groups is 1. The molecule has 25 heavy (non-hydrogen) atoms. The van der Waals surface area contributed by atoms with Crippen LogP contribution >= 0.6 is 0 Å². The molecule has 3 N–H and O–H groups in total. The van der Waals surface area contributed by atoms with E-state index in [4.69, 9.17) is 4.74 Å². The van der Waals surface area contributed by atoms with Gasteiger partial charge >= 0.3 is 6.18 Å². The van der Waals surface area contributed by atoms with E-state index in [9.17, 15) is 18.3 Å². The lowest BCUT2D eigenvalue weighted by Gasteiger charge is -2.23. The van der Waals surface area contributed by atoms with E-state index in [0.717, 1.165) is 6.20 Å². The Morgan fingerprint density at radius 2 is 2.00 bits per heavy atom. The number of nitrogens with zero attached hydrogens (tertiary/aromatic N) is 1. The van der Waals surface area contributed by atoms with Crippen molar-refractivity contribution in [2.24, 2.45) is 0 Å². The van der Waals surface area contributed by atoms with E-state index in [0.29, 0.717) is 17.9 Å². The Morgan fingerprint density at radius 3 is 2.60 bits per heavy atom. The van der Waals surface area contributed by atoms with E-state index in [-0.39, 0.29) is 18.0 Å². The fourth-order valence-corrected chi connectivity index (χ4v) is 2.02. The molecule has 0 aliphatic rings. The van der Waals surface area contributed by atoms with Crippen molar-refractivity contribution in [2.45, 2.75) is 38.6 Å². The number of nitrogens with one attached hydrogen (secondary N) is 2. The summed E-state index contributed by atoms with van der Waals surface area (Å²) in [6.45, 7) is 6.41. The van der Waals surface area contributed by atoms with Gasteiger partial charge < -0.3 is 20.1 Å². The van der Waals surface area contributed by atoms with E-state index in [2.05, 4.69) is 15.3 Å². The molecule has 1 heterocycles. The quantitative estimate of drug-likeness (QED) is 0.742. The predicted molar refractivity (Wildman–Crippen MR) is 88.3 cm³/mol. The van der Waals surface area contributed by atoms with Gasteiger partial charge in [0.05, 0.1) is 6.20 Å². The maximum Gasteiger partial charge on any atom is 0.432 e. The molecular formula is C17H22F3N3O2. The summed E-state index contributed by atoms with van der Waals surface area (Å²) >= 11 is 0. The van der Waals surface area contributed by atoms with Crippen molar-refractivity contribution >= 4 is 0 Å². The molecule has 0 bridgehead atoms. The van der Waals surface area contributed by atoms with Crippen molar-refractivity contribution in [3.8, 4) is 17.1 Å². The number of hydrogen-bond acceptors (Lipinski definition) is 4. The summed E-state index contributed by atoms with van der Waals surface area (Å²) in [5.41, 5.74) is -0.552. The fourth-order valence-electron chi connectivity index (χ4n) is 2.02. The third kappa shape index (κ3) is 6.06. The van der Waals surface area contributed by atoms with Crippen molar-refractivity contribution in [1.29, 1.82) is 0 Å². The molecule has 0 aliphatic carbocycles. The number of H-pyrrole nitrogens is 1. The van der Waals surface area contributed by atoms with Crippen molar-refractivity contribution in [3.05, 3.63) is 36.2 Å². The van der Waals surface area contributed by atoms with E-state index in [1.54, 1.807) is 24.3 Å². The number of aliphatic hydroxyl groups excluding tert-OH is 1. The number of alkyl halides is 3. The Labute approximate surface area is 144 Å². The first-order valence-electron chi connectivity index (χ1n) is 7.83. The molecule has 0 fully saturated rings. The van der Waals surface area contributed by atoms with Gasteiger partial charge in [-0.2, -0.15) is 13.2 Å². The predicted octanol–water partition coefficient (Wildman–Crippen LogP) is 3.22. The average molecular weight is 357 g/mol. The number of halogens is 3. The number of hydrogen-bond donors (Lipinski definition) is 3. The molecule has 0 unspecified atom stereocenters. The van der Waals surface area contributed by atoms with Crippen LogP contribution < -0.4 is 10.1 Å². The van der Waals surface area contributed by atoms with Crippen molar-refractivity contribution in [3.63, 3.8) is 0 Å². The van der Waals surface area contributed by atoms with Crippen LogP contribution in [0.5, 0.6) is 5.75 Å². The molecule has 1 aromatic carbocycles. The topological polar surface area (TPSA) is 70.2 Å². The smallest absolute Gasteiger partial charge is 0.432 e. The minimum Gasteiger partial charge on any atom is -0.491 e. The Hall–Kier alpha value is -2.06. The molecular weight excluding hydrogens is 335 g/mol. The van der Waals surface area contributed by atoms with Crippen LogP contribution in [0, 0.1) is 0 Å². The minimum absolute atomic E-state index is 0.0679. The minimum atomic E-state index is -4.47. The normalized spacial score (nSPS) is 13.7. The van der Waals surface area contributed by atoms with Crippen molar-refractivity contribution < 1.29 is 23.0 Å². The molecule has 0 saturated heterocycles. The van der Waals surface area contributed by atoms with Gasteiger partial charge in [0.25, 0.3) is 0 Å². The van der Waals surface area contributed by atoms with E-state index < -0.39 is 18.0 Å². The fraction of sp³-hybridized carbons (Fsp3) is 0.471. The molecule has 8 heteroatoms. The zero-order valence-corrected chi connectivity index (χ0v) is 14.3. The second kappa shape index (κ2) is 7.45. The number of β-amino-alcohol motifs (C(OH)–C–C–N with tert-alkyl or cyclic N) is 1. The Kier molecular flexibility index (Phi) is 5.74. The van der Waals surface area contributed by atoms with Crippen LogP contribution in [0.4, 0.5) is 13.2 Å². The van der Waals surface area contributed by atoms with Crippen LogP contribution in [0.1, 0.15) is 26.5 Å². The number of aromatic nitrogens is 2. The monoisotopic (exact) mass is 357 g/mol. The summed E-state index contributed by atoms with van der Waals surface area (Å²) < 4.78 is 43.4. The van der Waals surface area contributed by atoms with Gasteiger partial charge in [0.2, 0.25) is 0 Å². The standard InChI is InChI=1S/C17H22F3N3O2/c1-16(2,3)22-8-12(24)10-25-13-6-4-5-11(7-13)15-21-9-14(23-15)17(18,19)20/h4-7,9,12,22,24H,8,10H2,1-3H3,(H,21,23)/t12-/m0/s1. The molecule has 2 aromatic rings. The van der Waals surface area contributed by atoms with Gasteiger partial charge in [0.15, 0.2) is 0 Å². The highest BCUT2D eigenvalue weighted by molar-refractivity contribution is 5.57. The maximum absolute atomic E-state index is 12.6. The highest BCUT2D eigenvalue weighted by Crippen LogP contribution is 2.30. The molecule has 0 spiro atoms. The molecule has 1 aromatic heterocycles. The number of ether oxygens (including phenoxy) is 1. The van der Waals surface area contributed by atoms with Gasteiger partial charge in [-0.3, -0.25) is 0 Å². The second-order valence-electron chi connectivity index (χ2n) is 6.77. The van der Waals surface area contributed by atoms with Gasteiger partial charge in [0, 0.05) is 17.6 Å². The van der Waals surface area contributed by atoms with Gasteiger partial charge in [-0.1, -0.05) is 12.1 Å². The lowest BCUT2D eigenvalue weighted by atomic mass is 10.1. The summed E-state index contributed by atoms with van der Waals surface area (Å²) in [5.74, 6) is 0.546. The number of rotatable bonds is 6. The van der Waals surface area contributed by atoms with Gasteiger partial charge in [0.1, 0.15) is 30.0 Å². The van der Waals surface area contributed by atoms with Gasteiger partial charge in [-0.25, -0.2) is 4.98 Å². The zero-order chi connectivity index (χ0) is 18.7. The van der Waals surface area contributed by atoms with Crippen molar-refractivity contribution in [1.82, 2.24) is 15.3 Å². The maximum atomic E-state index is 12.6. The first kappa shape index (κ1) is 19.3. The van der Waals surface area contributed by atoms with E-state index in [1.165, 1.54) is 0 Å². The highest BCUT2D eigenvalue weighted by atomic mass is 19.4. The molecule has 5 nitrogen and oxygen atoms in total. The van der Waals surface area contributed by atoms with Crippen LogP contribution in [0.2, 0.25) is 0 Å². The van der Waals surface area contributed by atoms with E-state index in [1.807, 2.05) is 20.8 Å². The molecule has 0 amide bonds. The zero-order valence-electron chi connectivity index (χ0n) is 14.3. The molecule has 0 saturated carbocycles. The molecule has 0 radical (unpaired) electrons. The Bertz CT molecular complexity index is 693. The SMILES string of the molecule is CC(C)(C)NC[C@H](O)COc1cccc(-c2ncc(C(F)(F)F)[nH]2)c1. The van der Waals surface area contributed by atoms with Gasteiger partial charge in [-0.05, 0) is 32.9 Å². The van der Waals surface area contributed by atoms with Crippen LogP contribution in [-0.4, -0.2) is 39.9 Å². The summed E-state index contributed by atoms with van der Waals surface area (Å²) in [5, 5.41) is 13.1. The number of imidazole rings is 1. The Balaban J connectivity index is 1.98. The average Bonchev–Trinajstić information content (AvgIpc) is 3.01. The first-order valence-corrected chi connectivity index (χ1v) is 7.83. The van der Waals surface area contributed by atoms with Crippen LogP contribution in [0.15, 0.2) is 30.5 Å². The van der Waals surface area contributed by atoms with Gasteiger partial charge in [-0.15, -0.1) is 0 Å². The first-order chi connectivity index (χ1) is 11.5. The summed E-state index contributed by atoms with van der Waals surface area (Å²) in [6, 6.07) is 6.52. The number of aromatic amines is 1. The third-order valence-corrected chi connectivity index (χ3v) is 3.30. The van der Waals surface area contributed by atoms with Crippen molar-refractivity contribution in [2.75, 3.05) is 13.2 Å². The lowest BCUT2D eigenvalue weighted by Crippen LogP contribution is -2.42. The highest BCUT2D eigenvalue weighted by Gasteiger charge is 2.33. The van der Waals surface area contributed by atoms with Crippen LogP contribution in [0.3, 0.4) is 0 Å². The number of benzene rings is 1. The third-order valence-electron chi connectivity index (χ3n) is 3.30. The van der Waals surface area contributed by atoms with Crippen LogP contribution in [0.25, 0.3) is 11.4 Å². The largest absolute Gasteiger partial charge is 0.491 e. The molecule has 1 atom stereocenters. The molecule has 2 rings (SSSR count). The van der Waals surface area contributed by atoms with Crippen LogP contribution in [-0.2, 0) is 6.18 Å². The summed E-state index contributed by atoms with van der Waals surface area (Å²) in [7, 11) is 0. The van der Waals surface area contributed by atoms with E-state index >= 15 is 0 Å². The summed E-state index contributed by atoms with van der Waals surface area (Å²) in [4.78, 5) is 6.00.